The Balaban J connectivity index is 1.77. The van der Waals surface area contributed by atoms with Gasteiger partial charge in [0.1, 0.15) is 0 Å². The highest BCUT2D eigenvalue weighted by Gasteiger charge is 2.31. The summed E-state index contributed by atoms with van der Waals surface area (Å²) >= 11 is 3.51. The molecule has 23 heavy (non-hydrogen) atoms. The zero-order valence-corrected chi connectivity index (χ0v) is 14.1. The Labute approximate surface area is 142 Å². The minimum atomic E-state index is 0.626. The van der Waals surface area contributed by atoms with Crippen LogP contribution < -0.4 is 4.90 Å². The van der Waals surface area contributed by atoms with Crippen molar-refractivity contribution in [1.29, 1.82) is 0 Å². The van der Waals surface area contributed by atoms with Gasteiger partial charge in [0, 0.05) is 40.4 Å². The molecular weight excluding hydrogens is 352 g/mol. The van der Waals surface area contributed by atoms with Crippen LogP contribution >= 0.6 is 15.9 Å². The summed E-state index contributed by atoms with van der Waals surface area (Å²) in [4.78, 5) is 11.7. The molecule has 1 saturated heterocycles. The summed E-state index contributed by atoms with van der Waals surface area (Å²) in [5.74, 6) is 1.59. The Hall–Kier alpha value is -2.14. The van der Waals surface area contributed by atoms with Crippen LogP contribution in [-0.2, 0) is 0 Å². The van der Waals surface area contributed by atoms with Crippen molar-refractivity contribution in [2.24, 2.45) is 5.92 Å². The fourth-order valence-corrected chi connectivity index (χ4v) is 4.03. The number of fused-ring (bicyclic) bond motifs is 4. The number of hydrogen-bond acceptors (Lipinski definition) is 3. The van der Waals surface area contributed by atoms with E-state index in [9.17, 15) is 0 Å². The average molecular weight is 367 g/mol. The van der Waals surface area contributed by atoms with Crippen LogP contribution in [0.15, 0.2) is 59.0 Å². The van der Waals surface area contributed by atoms with Gasteiger partial charge in [-0.05, 0) is 53.0 Å². The summed E-state index contributed by atoms with van der Waals surface area (Å²) in [6.07, 6.45) is 12.9. The molecule has 1 aliphatic heterocycles. The predicted molar refractivity (Wildman–Crippen MR) is 95.5 cm³/mol. The van der Waals surface area contributed by atoms with Gasteiger partial charge in [-0.25, -0.2) is 4.98 Å². The number of hydrogen-bond donors (Lipinski definition) is 0. The molecule has 2 aliphatic rings. The third-order valence-electron chi connectivity index (χ3n) is 4.78. The normalized spacial score (nSPS) is 20.3. The van der Waals surface area contributed by atoms with E-state index < -0.39 is 0 Å². The van der Waals surface area contributed by atoms with Gasteiger partial charge >= 0.3 is 0 Å². The molecule has 5 heteroatoms. The van der Waals surface area contributed by atoms with E-state index in [1.54, 1.807) is 0 Å². The number of aromatic nitrogens is 3. The molecule has 1 fully saturated rings. The zero-order chi connectivity index (χ0) is 15.4. The first-order valence-electron chi connectivity index (χ1n) is 7.88. The van der Waals surface area contributed by atoms with E-state index in [1.165, 1.54) is 12.1 Å². The molecule has 3 aromatic heterocycles. The third-order valence-corrected chi connectivity index (χ3v) is 5.21. The van der Waals surface area contributed by atoms with Crippen molar-refractivity contribution in [2.45, 2.75) is 12.8 Å². The lowest BCUT2D eigenvalue weighted by Gasteiger charge is -2.23. The SMILES string of the molecule is Brc1cnc2nc(N3CCC4CC=CC=C43)n3cccc3c2c1. The Kier molecular flexibility index (Phi) is 2.85. The van der Waals surface area contributed by atoms with E-state index in [1.807, 2.05) is 6.20 Å². The summed E-state index contributed by atoms with van der Waals surface area (Å²) in [7, 11) is 0. The van der Waals surface area contributed by atoms with Crippen LogP contribution in [0.1, 0.15) is 12.8 Å². The molecular formula is C18H15BrN4. The van der Waals surface area contributed by atoms with Gasteiger partial charge in [-0.2, -0.15) is 4.98 Å². The maximum absolute atomic E-state index is 4.88. The van der Waals surface area contributed by atoms with E-state index in [-0.39, 0.29) is 0 Å². The van der Waals surface area contributed by atoms with Crippen LogP contribution in [0.2, 0.25) is 0 Å². The van der Waals surface area contributed by atoms with Crippen LogP contribution in [0, 0.1) is 5.92 Å². The molecule has 4 nitrogen and oxygen atoms in total. The number of halogens is 1. The molecule has 0 N–H and O–H groups in total. The molecule has 0 bridgehead atoms. The van der Waals surface area contributed by atoms with Crippen LogP contribution in [0.3, 0.4) is 0 Å². The zero-order valence-electron chi connectivity index (χ0n) is 12.5. The number of pyridine rings is 1. The van der Waals surface area contributed by atoms with E-state index in [0.29, 0.717) is 5.92 Å². The lowest BCUT2D eigenvalue weighted by atomic mass is 9.97. The van der Waals surface area contributed by atoms with Gasteiger partial charge in [-0.15, -0.1) is 0 Å². The molecule has 0 amide bonds. The van der Waals surface area contributed by atoms with Crippen molar-refractivity contribution in [3.8, 4) is 0 Å². The molecule has 3 aromatic rings. The van der Waals surface area contributed by atoms with Crippen molar-refractivity contribution < 1.29 is 0 Å². The topological polar surface area (TPSA) is 33.4 Å². The maximum Gasteiger partial charge on any atom is 0.216 e. The molecule has 1 unspecified atom stereocenters. The molecule has 0 radical (unpaired) electrons. The van der Waals surface area contributed by atoms with Crippen molar-refractivity contribution in [3.05, 3.63) is 59.0 Å². The highest BCUT2D eigenvalue weighted by atomic mass is 79.9. The largest absolute Gasteiger partial charge is 0.315 e. The average Bonchev–Trinajstić information content (AvgIpc) is 3.21. The number of rotatable bonds is 1. The molecule has 1 atom stereocenters. The van der Waals surface area contributed by atoms with Gasteiger partial charge in [0.2, 0.25) is 5.95 Å². The van der Waals surface area contributed by atoms with Crippen LogP contribution in [0.4, 0.5) is 5.95 Å². The number of nitrogens with zero attached hydrogens (tertiary/aromatic N) is 4. The minimum absolute atomic E-state index is 0.626. The quantitative estimate of drug-likeness (QED) is 0.643. The molecule has 0 spiro atoms. The van der Waals surface area contributed by atoms with Crippen LogP contribution in [0.25, 0.3) is 16.6 Å². The highest BCUT2D eigenvalue weighted by Crippen LogP contribution is 2.37. The summed E-state index contributed by atoms with van der Waals surface area (Å²) in [6, 6.07) is 6.29. The Bertz CT molecular complexity index is 985. The second kappa shape index (κ2) is 4.93. The fourth-order valence-electron chi connectivity index (χ4n) is 3.70. The van der Waals surface area contributed by atoms with Crippen molar-refractivity contribution >= 4 is 38.4 Å². The molecule has 114 valence electrons. The van der Waals surface area contributed by atoms with Crippen molar-refractivity contribution in [3.63, 3.8) is 0 Å². The lowest BCUT2D eigenvalue weighted by Crippen LogP contribution is -2.22. The Morgan fingerprint density at radius 2 is 2.26 bits per heavy atom. The second-order valence-electron chi connectivity index (χ2n) is 6.09. The first-order chi connectivity index (χ1) is 11.3. The minimum Gasteiger partial charge on any atom is -0.315 e. The monoisotopic (exact) mass is 366 g/mol. The second-order valence-corrected chi connectivity index (χ2v) is 7.01. The maximum atomic E-state index is 4.88. The molecule has 0 aromatic carbocycles. The van der Waals surface area contributed by atoms with Gasteiger partial charge in [-0.3, -0.25) is 4.40 Å². The number of anilines is 1. The van der Waals surface area contributed by atoms with Gasteiger partial charge < -0.3 is 4.90 Å². The fraction of sp³-hybridized carbons (Fsp3) is 0.222. The van der Waals surface area contributed by atoms with Gasteiger partial charge in [0.05, 0.1) is 5.52 Å². The van der Waals surface area contributed by atoms with Gasteiger partial charge in [-0.1, -0.05) is 12.2 Å². The van der Waals surface area contributed by atoms with E-state index in [2.05, 4.69) is 72.8 Å². The van der Waals surface area contributed by atoms with Gasteiger partial charge in [0.15, 0.2) is 5.65 Å². The van der Waals surface area contributed by atoms with E-state index in [4.69, 9.17) is 4.98 Å². The van der Waals surface area contributed by atoms with Crippen molar-refractivity contribution in [2.75, 3.05) is 11.4 Å². The van der Waals surface area contributed by atoms with E-state index >= 15 is 0 Å². The summed E-state index contributed by atoms with van der Waals surface area (Å²) in [5, 5.41) is 1.07. The third kappa shape index (κ3) is 1.96. The molecule has 5 rings (SSSR count). The number of allylic oxidation sites excluding steroid dienone is 4. The standard InChI is InChI=1S/C18H15BrN4/c19-13-10-14-16-6-3-8-22(16)18(21-17(14)20-11-13)23-9-7-12-4-1-2-5-15(12)23/h1-3,5-6,8,10-12H,4,7,9H2. The predicted octanol–water partition coefficient (Wildman–Crippen LogP) is 4.32. The summed E-state index contributed by atoms with van der Waals surface area (Å²) in [5.41, 5.74) is 3.32. The highest BCUT2D eigenvalue weighted by molar-refractivity contribution is 9.10. The molecule has 4 heterocycles. The van der Waals surface area contributed by atoms with Crippen LogP contribution in [-0.4, -0.2) is 20.9 Å². The lowest BCUT2D eigenvalue weighted by molar-refractivity contribution is 0.646. The summed E-state index contributed by atoms with van der Waals surface area (Å²) < 4.78 is 3.15. The molecule has 1 aliphatic carbocycles. The Morgan fingerprint density at radius 3 is 3.22 bits per heavy atom. The molecule has 0 saturated carbocycles. The smallest absolute Gasteiger partial charge is 0.216 e. The summed E-state index contributed by atoms with van der Waals surface area (Å²) in [6.45, 7) is 1.01. The van der Waals surface area contributed by atoms with E-state index in [0.717, 1.165) is 39.9 Å². The van der Waals surface area contributed by atoms with Gasteiger partial charge in [0.25, 0.3) is 0 Å². The first-order valence-corrected chi connectivity index (χ1v) is 8.67. The van der Waals surface area contributed by atoms with Crippen molar-refractivity contribution in [1.82, 2.24) is 14.4 Å². The Morgan fingerprint density at radius 1 is 1.30 bits per heavy atom. The first kappa shape index (κ1) is 13.3. The van der Waals surface area contributed by atoms with Crippen LogP contribution in [0.5, 0.6) is 0 Å².